The van der Waals surface area contributed by atoms with Crippen LogP contribution >= 0.6 is 12.2 Å². The third kappa shape index (κ3) is 1.70. The van der Waals surface area contributed by atoms with Crippen molar-refractivity contribution in [3.05, 3.63) is 5.57 Å². The number of hydrogen-bond donors (Lipinski definition) is 2. The third-order valence-corrected chi connectivity index (χ3v) is 4.08. The van der Waals surface area contributed by atoms with Crippen LogP contribution in [0.25, 0.3) is 0 Å². The van der Waals surface area contributed by atoms with E-state index < -0.39 is 11.3 Å². The van der Waals surface area contributed by atoms with Gasteiger partial charge in [0.1, 0.15) is 10.9 Å². The molecule has 5 heteroatoms. The molecule has 0 radical (unpaired) electrons. The SMILES string of the molecule is N#C[C@@H]1C(=O)NC(=S)C(=C=N)C12CCCCC2. The highest BCUT2D eigenvalue weighted by molar-refractivity contribution is 7.80. The summed E-state index contributed by atoms with van der Waals surface area (Å²) >= 11 is 5.10. The lowest BCUT2D eigenvalue weighted by atomic mass is 9.60. The molecule has 17 heavy (non-hydrogen) atoms. The van der Waals surface area contributed by atoms with Crippen LogP contribution in [0.15, 0.2) is 5.57 Å². The number of thiocarbonyl (C=S) groups is 1. The largest absolute Gasteiger partial charge is 0.315 e. The molecule has 1 saturated carbocycles. The van der Waals surface area contributed by atoms with Crippen LogP contribution in [-0.4, -0.2) is 16.8 Å². The Bertz CT molecular complexity index is 465. The molecule has 0 unspecified atom stereocenters. The Morgan fingerprint density at radius 1 is 1.41 bits per heavy atom. The zero-order valence-corrected chi connectivity index (χ0v) is 10.2. The molecule has 0 aromatic rings. The Kier molecular flexibility index (Phi) is 3.10. The van der Waals surface area contributed by atoms with Gasteiger partial charge in [-0.15, -0.1) is 0 Å². The van der Waals surface area contributed by atoms with E-state index in [1.165, 1.54) is 0 Å². The summed E-state index contributed by atoms with van der Waals surface area (Å²) in [5.41, 5.74) is -0.0212. The van der Waals surface area contributed by atoms with Gasteiger partial charge in [-0.3, -0.25) is 10.2 Å². The summed E-state index contributed by atoms with van der Waals surface area (Å²) in [6.07, 6.45) is 4.55. The van der Waals surface area contributed by atoms with Crippen molar-refractivity contribution in [2.24, 2.45) is 11.3 Å². The predicted octanol–water partition coefficient (Wildman–Crippen LogP) is 1.71. The minimum Gasteiger partial charge on any atom is -0.315 e. The number of amides is 1. The Hall–Kier alpha value is -1.50. The van der Waals surface area contributed by atoms with Crippen molar-refractivity contribution < 1.29 is 4.79 Å². The fourth-order valence-corrected chi connectivity index (χ4v) is 3.31. The van der Waals surface area contributed by atoms with Crippen LogP contribution in [0.1, 0.15) is 32.1 Å². The van der Waals surface area contributed by atoms with Gasteiger partial charge in [0, 0.05) is 5.41 Å². The van der Waals surface area contributed by atoms with Crippen molar-refractivity contribution >= 4 is 29.0 Å². The third-order valence-electron chi connectivity index (χ3n) is 3.78. The first kappa shape index (κ1) is 12.0. The Labute approximate surface area is 105 Å². The van der Waals surface area contributed by atoms with Crippen molar-refractivity contribution in [2.45, 2.75) is 32.1 Å². The van der Waals surface area contributed by atoms with Gasteiger partial charge in [-0.1, -0.05) is 31.5 Å². The van der Waals surface area contributed by atoms with Gasteiger partial charge < -0.3 is 5.32 Å². The molecule has 2 aliphatic rings. The molecule has 1 aliphatic heterocycles. The summed E-state index contributed by atoms with van der Waals surface area (Å²) in [4.78, 5) is 12.1. The molecule has 1 atom stereocenters. The molecule has 2 rings (SSSR count). The normalized spacial score (nSPS) is 27.2. The van der Waals surface area contributed by atoms with Crippen molar-refractivity contribution in [1.82, 2.24) is 5.32 Å². The van der Waals surface area contributed by atoms with E-state index >= 15 is 0 Å². The quantitative estimate of drug-likeness (QED) is 0.388. The molecule has 1 aliphatic carbocycles. The molecule has 2 fully saturated rings. The summed E-state index contributed by atoms with van der Waals surface area (Å²) in [7, 11) is 0. The zero-order valence-electron chi connectivity index (χ0n) is 9.38. The smallest absolute Gasteiger partial charge is 0.243 e. The van der Waals surface area contributed by atoms with E-state index in [9.17, 15) is 10.1 Å². The van der Waals surface area contributed by atoms with Crippen LogP contribution < -0.4 is 5.32 Å². The lowest BCUT2D eigenvalue weighted by molar-refractivity contribution is -0.126. The fourth-order valence-electron chi connectivity index (χ4n) is 2.95. The van der Waals surface area contributed by atoms with Gasteiger partial charge >= 0.3 is 0 Å². The van der Waals surface area contributed by atoms with Crippen LogP contribution in [-0.2, 0) is 4.79 Å². The molecular weight excluding hydrogens is 234 g/mol. The lowest BCUT2D eigenvalue weighted by Gasteiger charge is -2.43. The summed E-state index contributed by atoms with van der Waals surface area (Å²) in [5.74, 6) is 1.30. The maximum Gasteiger partial charge on any atom is 0.243 e. The summed E-state index contributed by atoms with van der Waals surface area (Å²) in [5, 5.41) is 19.1. The molecule has 1 saturated heterocycles. The maximum atomic E-state index is 11.8. The second-order valence-corrected chi connectivity index (χ2v) is 5.01. The van der Waals surface area contributed by atoms with Gasteiger partial charge in [-0.2, -0.15) is 5.26 Å². The van der Waals surface area contributed by atoms with Crippen LogP contribution in [0.4, 0.5) is 0 Å². The minimum atomic E-state index is -0.734. The summed E-state index contributed by atoms with van der Waals surface area (Å²) in [6.45, 7) is 0. The first-order valence-electron chi connectivity index (χ1n) is 5.70. The average molecular weight is 247 g/mol. The molecule has 1 spiro atoms. The van der Waals surface area contributed by atoms with E-state index in [-0.39, 0.29) is 10.9 Å². The predicted molar refractivity (Wildman–Crippen MR) is 66.6 cm³/mol. The van der Waals surface area contributed by atoms with Crippen LogP contribution in [0.5, 0.6) is 0 Å². The molecule has 88 valence electrons. The Morgan fingerprint density at radius 3 is 2.59 bits per heavy atom. The molecule has 0 aromatic carbocycles. The van der Waals surface area contributed by atoms with Gasteiger partial charge in [0.2, 0.25) is 5.91 Å². The van der Waals surface area contributed by atoms with Crippen LogP contribution in [0.3, 0.4) is 0 Å². The number of carbonyl (C=O) groups excluding carboxylic acids is 1. The first-order chi connectivity index (χ1) is 8.15. The second kappa shape index (κ2) is 4.40. The molecule has 4 nitrogen and oxygen atoms in total. The van der Waals surface area contributed by atoms with Crippen LogP contribution in [0, 0.1) is 28.1 Å². The van der Waals surface area contributed by atoms with Crippen molar-refractivity contribution in [1.29, 1.82) is 10.7 Å². The fraction of sp³-hybridized carbons (Fsp3) is 0.583. The van der Waals surface area contributed by atoms with Crippen molar-refractivity contribution in [3.8, 4) is 6.07 Å². The number of carbonyl (C=O) groups is 1. The van der Waals surface area contributed by atoms with Gasteiger partial charge in [0.15, 0.2) is 0 Å². The standard InChI is InChI=1S/C12H13N3OS/c13-6-8-10(16)15-11(17)9(7-14)12(8)4-2-1-3-5-12/h8,14H,1-5H2,(H,15,16,17)/t8-/m1/s1. The molecule has 1 amide bonds. The van der Waals surface area contributed by atoms with Gasteiger partial charge in [-0.05, 0) is 18.7 Å². The zero-order chi connectivity index (χ0) is 12.5. The van der Waals surface area contributed by atoms with Gasteiger partial charge in [0.25, 0.3) is 0 Å². The van der Waals surface area contributed by atoms with E-state index in [0.29, 0.717) is 5.57 Å². The summed E-state index contributed by atoms with van der Waals surface area (Å²) in [6, 6.07) is 2.08. The minimum absolute atomic E-state index is 0.276. The number of nitrogens with one attached hydrogen (secondary N) is 2. The van der Waals surface area contributed by atoms with E-state index in [2.05, 4.69) is 17.3 Å². The number of hydrogen-bond acceptors (Lipinski definition) is 4. The Morgan fingerprint density at radius 2 is 2.06 bits per heavy atom. The summed E-state index contributed by atoms with van der Waals surface area (Å²) < 4.78 is 0. The van der Waals surface area contributed by atoms with E-state index in [4.69, 9.17) is 17.6 Å². The molecule has 0 aromatic heterocycles. The number of nitrogens with zero attached hydrogens (tertiary/aromatic N) is 1. The Balaban J connectivity index is 2.53. The van der Waals surface area contributed by atoms with Crippen LogP contribution in [0.2, 0.25) is 0 Å². The highest BCUT2D eigenvalue weighted by Gasteiger charge is 2.51. The topological polar surface area (TPSA) is 76.7 Å². The highest BCUT2D eigenvalue weighted by atomic mass is 32.1. The molecular formula is C12H13N3OS. The van der Waals surface area contributed by atoms with E-state index in [1.807, 2.05) is 0 Å². The number of piperidine rings is 1. The van der Waals surface area contributed by atoms with E-state index in [0.717, 1.165) is 32.1 Å². The van der Waals surface area contributed by atoms with Gasteiger partial charge in [-0.25, -0.2) is 0 Å². The van der Waals surface area contributed by atoms with Crippen molar-refractivity contribution in [3.63, 3.8) is 0 Å². The average Bonchev–Trinajstić information content (AvgIpc) is 2.30. The van der Waals surface area contributed by atoms with Gasteiger partial charge in [0.05, 0.1) is 11.6 Å². The van der Waals surface area contributed by atoms with E-state index in [1.54, 1.807) is 0 Å². The highest BCUT2D eigenvalue weighted by Crippen LogP contribution is 2.49. The maximum absolute atomic E-state index is 11.8. The van der Waals surface area contributed by atoms with Crippen molar-refractivity contribution in [2.75, 3.05) is 0 Å². The second-order valence-electron chi connectivity index (χ2n) is 4.60. The number of nitriles is 1. The number of rotatable bonds is 0. The monoisotopic (exact) mass is 247 g/mol. The lowest BCUT2D eigenvalue weighted by Crippen LogP contribution is -2.53. The molecule has 1 heterocycles. The molecule has 2 N–H and O–H groups in total. The molecule has 0 bridgehead atoms. The first-order valence-corrected chi connectivity index (χ1v) is 6.11.